The van der Waals surface area contributed by atoms with Crippen LogP contribution in [-0.2, 0) is 6.42 Å². The van der Waals surface area contributed by atoms with E-state index in [0.29, 0.717) is 6.04 Å². The summed E-state index contributed by atoms with van der Waals surface area (Å²) in [4.78, 5) is 4.18. The minimum Gasteiger partial charge on any atom is -0.315 e. The topological polar surface area (TPSA) is 24.9 Å². The molecule has 0 fully saturated rings. The van der Waals surface area contributed by atoms with E-state index in [1.54, 1.807) is 0 Å². The van der Waals surface area contributed by atoms with Crippen LogP contribution >= 0.6 is 0 Å². The third-order valence-electron chi connectivity index (χ3n) is 2.13. The van der Waals surface area contributed by atoms with Crippen LogP contribution < -0.4 is 5.32 Å². The number of aryl methyl sites for hydroxylation is 2. The number of rotatable bonds is 5. The number of pyridine rings is 1. The van der Waals surface area contributed by atoms with Crippen LogP contribution in [0.25, 0.3) is 0 Å². The van der Waals surface area contributed by atoms with Crippen molar-refractivity contribution in [2.75, 3.05) is 6.54 Å². The molecule has 1 aromatic heterocycles. The Labute approximate surface area is 86.8 Å². The third kappa shape index (κ3) is 4.38. The predicted octanol–water partition coefficient (Wildman–Crippen LogP) is 2.32. The zero-order chi connectivity index (χ0) is 10.4. The molecule has 1 N–H and O–H groups in total. The van der Waals surface area contributed by atoms with Crippen LogP contribution in [0.5, 0.6) is 0 Å². The quantitative estimate of drug-likeness (QED) is 0.724. The first-order valence-electron chi connectivity index (χ1n) is 5.32. The van der Waals surface area contributed by atoms with Gasteiger partial charge in [-0.3, -0.25) is 4.98 Å². The maximum absolute atomic E-state index is 4.18. The van der Waals surface area contributed by atoms with E-state index in [1.165, 1.54) is 17.5 Å². The summed E-state index contributed by atoms with van der Waals surface area (Å²) in [5.74, 6) is 0. The maximum Gasteiger partial charge on any atom is 0.0300 e. The van der Waals surface area contributed by atoms with Crippen molar-refractivity contribution >= 4 is 0 Å². The van der Waals surface area contributed by atoms with Crippen molar-refractivity contribution in [2.45, 2.75) is 39.7 Å². The standard InChI is InChI=1S/C12H20N2/c1-10(2)14-6-4-5-12-7-11(3)8-13-9-12/h7-10,14H,4-6H2,1-3H3. The molecule has 0 radical (unpaired) electrons. The molecule has 0 bridgehead atoms. The second-order valence-corrected chi connectivity index (χ2v) is 4.08. The molecule has 2 heteroatoms. The van der Waals surface area contributed by atoms with Gasteiger partial charge < -0.3 is 5.32 Å². The first-order valence-corrected chi connectivity index (χ1v) is 5.32. The molecule has 0 aromatic carbocycles. The summed E-state index contributed by atoms with van der Waals surface area (Å²) in [6.07, 6.45) is 6.16. The van der Waals surface area contributed by atoms with Crippen LogP contribution in [0.4, 0.5) is 0 Å². The lowest BCUT2D eigenvalue weighted by molar-refractivity contribution is 0.570. The van der Waals surface area contributed by atoms with E-state index < -0.39 is 0 Å². The monoisotopic (exact) mass is 192 g/mol. The van der Waals surface area contributed by atoms with Gasteiger partial charge in [-0.2, -0.15) is 0 Å². The van der Waals surface area contributed by atoms with Crippen molar-refractivity contribution in [2.24, 2.45) is 0 Å². The molecule has 14 heavy (non-hydrogen) atoms. The largest absolute Gasteiger partial charge is 0.315 e. The highest BCUT2D eigenvalue weighted by Gasteiger charge is 1.95. The average Bonchev–Trinajstić information content (AvgIpc) is 2.12. The fourth-order valence-corrected chi connectivity index (χ4v) is 1.44. The highest BCUT2D eigenvalue weighted by molar-refractivity contribution is 5.16. The highest BCUT2D eigenvalue weighted by Crippen LogP contribution is 2.03. The third-order valence-corrected chi connectivity index (χ3v) is 2.13. The molecular weight excluding hydrogens is 172 g/mol. The van der Waals surface area contributed by atoms with Gasteiger partial charge in [0.2, 0.25) is 0 Å². The molecule has 0 aliphatic rings. The van der Waals surface area contributed by atoms with Gasteiger partial charge in [0.1, 0.15) is 0 Å². The van der Waals surface area contributed by atoms with Gasteiger partial charge in [-0.15, -0.1) is 0 Å². The highest BCUT2D eigenvalue weighted by atomic mass is 14.9. The normalized spacial score (nSPS) is 10.9. The van der Waals surface area contributed by atoms with Gasteiger partial charge >= 0.3 is 0 Å². The zero-order valence-corrected chi connectivity index (χ0v) is 9.38. The summed E-state index contributed by atoms with van der Waals surface area (Å²) < 4.78 is 0. The van der Waals surface area contributed by atoms with Crippen LogP contribution in [-0.4, -0.2) is 17.6 Å². The van der Waals surface area contributed by atoms with E-state index in [4.69, 9.17) is 0 Å². The molecule has 0 atom stereocenters. The Morgan fingerprint density at radius 3 is 2.79 bits per heavy atom. The number of nitrogens with zero attached hydrogens (tertiary/aromatic N) is 1. The van der Waals surface area contributed by atoms with E-state index in [2.05, 4.69) is 37.1 Å². The maximum atomic E-state index is 4.18. The van der Waals surface area contributed by atoms with Crippen molar-refractivity contribution in [1.29, 1.82) is 0 Å². The Morgan fingerprint density at radius 2 is 2.14 bits per heavy atom. The fourth-order valence-electron chi connectivity index (χ4n) is 1.44. The van der Waals surface area contributed by atoms with E-state index in [9.17, 15) is 0 Å². The molecule has 78 valence electrons. The second kappa shape index (κ2) is 5.76. The number of aromatic nitrogens is 1. The summed E-state index contributed by atoms with van der Waals surface area (Å²) in [6.45, 7) is 7.52. The predicted molar refractivity (Wildman–Crippen MR) is 60.4 cm³/mol. The SMILES string of the molecule is Cc1cncc(CCCNC(C)C)c1. The van der Waals surface area contributed by atoms with Crippen LogP contribution in [0.15, 0.2) is 18.5 Å². The minimum absolute atomic E-state index is 0.589. The summed E-state index contributed by atoms with van der Waals surface area (Å²) in [5.41, 5.74) is 2.59. The van der Waals surface area contributed by atoms with E-state index in [0.717, 1.165) is 13.0 Å². The molecule has 1 aromatic rings. The lowest BCUT2D eigenvalue weighted by atomic mass is 10.1. The number of hydrogen-bond donors (Lipinski definition) is 1. The van der Waals surface area contributed by atoms with Gasteiger partial charge in [-0.25, -0.2) is 0 Å². The molecular formula is C12H20N2. The summed E-state index contributed by atoms with van der Waals surface area (Å²) >= 11 is 0. The summed E-state index contributed by atoms with van der Waals surface area (Å²) in [5, 5.41) is 3.41. The smallest absolute Gasteiger partial charge is 0.0300 e. The van der Waals surface area contributed by atoms with Gasteiger partial charge in [-0.05, 0) is 37.4 Å². The van der Waals surface area contributed by atoms with Crippen LogP contribution in [0.1, 0.15) is 31.4 Å². The first kappa shape index (κ1) is 11.2. The number of nitrogens with one attached hydrogen (secondary N) is 1. The Kier molecular flexibility index (Phi) is 4.60. The van der Waals surface area contributed by atoms with Crippen LogP contribution in [0.2, 0.25) is 0 Å². The first-order chi connectivity index (χ1) is 6.68. The molecule has 2 nitrogen and oxygen atoms in total. The summed E-state index contributed by atoms with van der Waals surface area (Å²) in [7, 11) is 0. The van der Waals surface area contributed by atoms with Crippen LogP contribution in [0.3, 0.4) is 0 Å². The molecule has 0 aliphatic carbocycles. The molecule has 0 amide bonds. The minimum atomic E-state index is 0.589. The van der Waals surface area contributed by atoms with Gasteiger partial charge in [-0.1, -0.05) is 19.9 Å². The fraction of sp³-hybridized carbons (Fsp3) is 0.583. The molecule has 0 saturated heterocycles. The molecule has 0 aliphatic heterocycles. The number of hydrogen-bond acceptors (Lipinski definition) is 2. The molecule has 0 unspecified atom stereocenters. The van der Waals surface area contributed by atoms with Gasteiger partial charge in [0.05, 0.1) is 0 Å². The van der Waals surface area contributed by atoms with Gasteiger partial charge in [0.15, 0.2) is 0 Å². The van der Waals surface area contributed by atoms with Crippen molar-refractivity contribution in [1.82, 2.24) is 10.3 Å². The van der Waals surface area contributed by atoms with Crippen molar-refractivity contribution in [3.05, 3.63) is 29.6 Å². The molecule has 1 rings (SSSR count). The lowest BCUT2D eigenvalue weighted by Crippen LogP contribution is -2.23. The molecule has 0 saturated carbocycles. The van der Waals surface area contributed by atoms with Crippen LogP contribution in [0, 0.1) is 6.92 Å². The van der Waals surface area contributed by atoms with E-state index in [1.807, 2.05) is 12.4 Å². The summed E-state index contributed by atoms with van der Waals surface area (Å²) in [6, 6.07) is 2.80. The van der Waals surface area contributed by atoms with E-state index >= 15 is 0 Å². The Bertz CT molecular complexity index is 269. The molecule has 0 spiro atoms. The van der Waals surface area contributed by atoms with E-state index in [-0.39, 0.29) is 0 Å². The zero-order valence-electron chi connectivity index (χ0n) is 9.38. The van der Waals surface area contributed by atoms with Crippen molar-refractivity contribution < 1.29 is 0 Å². The molecule has 1 heterocycles. The average molecular weight is 192 g/mol. The van der Waals surface area contributed by atoms with Gasteiger partial charge in [0.25, 0.3) is 0 Å². The van der Waals surface area contributed by atoms with Crippen molar-refractivity contribution in [3.8, 4) is 0 Å². The Hall–Kier alpha value is -0.890. The lowest BCUT2D eigenvalue weighted by Gasteiger charge is -2.07. The van der Waals surface area contributed by atoms with Gasteiger partial charge in [0, 0.05) is 18.4 Å². The second-order valence-electron chi connectivity index (χ2n) is 4.08. The van der Waals surface area contributed by atoms with Crippen molar-refractivity contribution in [3.63, 3.8) is 0 Å². The Balaban J connectivity index is 2.25. The Morgan fingerprint density at radius 1 is 1.36 bits per heavy atom.